The highest BCUT2D eigenvalue weighted by molar-refractivity contribution is 7.08. The quantitative estimate of drug-likeness (QED) is 0.691. The van der Waals surface area contributed by atoms with E-state index in [0.717, 1.165) is 0 Å². The van der Waals surface area contributed by atoms with E-state index in [0.29, 0.717) is 5.69 Å². The van der Waals surface area contributed by atoms with Gasteiger partial charge in [0.05, 0.1) is 10.6 Å². The summed E-state index contributed by atoms with van der Waals surface area (Å²) in [4.78, 5) is 22.2. The summed E-state index contributed by atoms with van der Waals surface area (Å²) in [7, 11) is 0. The van der Waals surface area contributed by atoms with Gasteiger partial charge in [-0.15, -0.1) is 0 Å². The van der Waals surface area contributed by atoms with Crippen molar-refractivity contribution in [2.45, 2.75) is 0 Å². The number of rotatable bonds is 3. The highest BCUT2D eigenvalue weighted by atomic mass is 35.5. The largest absolute Gasteiger partial charge is 0.321 e. The van der Waals surface area contributed by atoms with Crippen LogP contribution in [0, 0.1) is 10.1 Å². The second-order valence-electron chi connectivity index (χ2n) is 3.36. The molecule has 0 unspecified atom stereocenters. The maximum absolute atomic E-state index is 11.9. The number of hydrogen-bond acceptors (Lipinski definition) is 4. The van der Waals surface area contributed by atoms with Crippen molar-refractivity contribution in [3.8, 4) is 0 Å². The zero-order valence-corrected chi connectivity index (χ0v) is 10.5. The van der Waals surface area contributed by atoms with Gasteiger partial charge in [-0.3, -0.25) is 14.9 Å². The van der Waals surface area contributed by atoms with Crippen LogP contribution in [-0.2, 0) is 0 Å². The molecule has 0 aliphatic rings. The number of nitro groups is 1. The minimum atomic E-state index is -0.662. The number of thiophene rings is 1. The van der Waals surface area contributed by atoms with Crippen LogP contribution in [0.5, 0.6) is 0 Å². The van der Waals surface area contributed by atoms with Gasteiger partial charge in [-0.2, -0.15) is 11.3 Å². The van der Waals surface area contributed by atoms with E-state index in [9.17, 15) is 14.9 Å². The number of benzene rings is 1. The van der Waals surface area contributed by atoms with E-state index in [1.165, 1.54) is 29.5 Å². The van der Waals surface area contributed by atoms with Crippen molar-refractivity contribution in [1.82, 2.24) is 0 Å². The van der Waals surface area contributed by atoms with E-state index in [-0.39, 0.29) is 16.3 Å². The number of nitro benzene ring substituents is 1. The standard InChI is InChI=1S/C11H7ClN2O3S/c12-9-3-1-2-8(10(9)14(16)17)11(15)13-7-4-5-18-6-7/h1-6H,(H,13,15). The van der Waals surface area contributed by atoms with Crippen LogP contribution in [0.3, 0.4) is 0 Å². The first-order valence-corrected chi connectivity index (χ1v) is 6.18. The molecule has 2 rings (SSSR count). The molecule has 0 fully saturated rings. The van der Waals surface area contributed by atoms with E-state index in [4.69, 9.17) is 11.6 Å². The average molecular weight is 283 g/mol. The second-order valence-corrected chi connectivity index (χ2v) is 4.55. The predicted molar refractivity (Wildman–Crippen MR) is 70.4 cm³/mol. The number of amides is 1. The van der Waals surface area contributed by atoms with Gasteiger partial charge in [0.2, 0.25) is 0 Å². The van der Waals surface area contributed by atoms with Gasteiger partial charge in [-0.25, -0.2) is 0 Å². The predicted octanol–water partition coefficient (Wildman–Crippen LogP) is 3.56. The van der Waals surface area contributed by atoms with Crippen LogP contribution in [0.4, 0.5) is 11.4 Å². The molecule has 0 radical (unpaired) electrons. The fourth-order valence-corrected chi connectivity index (χ4v) is 2.25. The molecule has 5 nitrogen and oxygen atoms in total. The number of hydrogen-bond donors (Lipinski definition) is 1. The molecule has 0 atom stereocenters. The van der Waals surface area contributed by atoms with Crippen molar-refractivity contribution in [2.24, 2.45) is 0 Å². The number of para-hydroxylation sites is 1. The molecule has 1 aromatic heterocycles. The highest BCUT2D eigenvalue weighted by Gasteiger charge is 2.23. The lowest BCUT2D eigenvalue weighted by Crippen LogP contribution is -2.13. The summed E-state index contributed by atoms with van der Waals surface area (Å²) in [6.45, 7) is 0. The summed E-state index contributed by atoms with van der Waals surface area (Å²) < 4.78 is 0. The summed E-state index contributed by atoms with van der Waals surface area (Å²) in [6.07, 6.45) is 0. The lowest BCUT2D eigenvalue weighted by Gasteiger charge is -2.04. The molecule has 0 spiro atoms. The monoisotopic (exact) mass is 282 g/mol. The van der Waals surface area contributed by atoms with Crippen molar-refractivity contribution in [3.05, 3.63) is 55.7 Å². The van der Waals surface area contributed by atoms with Gasteiger partial charge in [-0.05, 0) is 23.6 Å². The second kappa shape index (κ2) is 5.16. The number of halogens is 1. The Morgan fingerprint density at radius 2 is 2.17 bits per heavy atom. The smallest absolute Gasteiger partial charge is 0.300 e. The van der Waals surface area contributed by atoms with Crippen molar-refractivity contribution in [3.63, 3.8) is 0 Å². The zero-order valence-electron chi connectivity index (χ0n) is 8.92. The summed E-state index contributed by atoms with van der Waals surface area (Å²) in [5.74, 6) is -0.553. The molecular weight excluding hydrogens is 276 g/mol. The zero-order chi connectivity index (χ0) is 13.1. The molecule has 18 heavy (non-hydrogen) atoms. The number of nitrogens with one attached hydrogen (secondary N) is 1. The fraction of sp³-hybridized carbons (Fsp3) is 0. The first-order valence-electron chi connectivity index (χ1n) is 4.86. The van der Waals surface area contributed by atoms with Gasteiger partial charge < -0.3 is 5.32 Å². The number of anilines is 1. The Morgan fingerprint density at radius 1 is 1.39 bits per heavy atom. The molecule has 1 N–H and O–H groups in total. The van der Waals surface area contributed by atoms with Gasteiger partial charge in [0.25, 0.3) is 5.91 Å². The van der Waals surface area contributed by atoms with Crippen LogP contribution >= 0.6 is 22.9 Å². The summed E-state index contributed by atoms with van der Waals surface area (Å²) >= 11 is 7.15. The van der Waals surface area contributed by atoms with Crippen molar-refractivity contribution >= 4 is 40.2 Å². The summed E-state index contributed by atoms with van der Waals surface area (Å²) in [5.41, 5.74) is 0.157. The molecular formula is C11H7ClN2O3S. The molecule has 2 aromatic rings. The van der Waals surface area contributed by atoms with Crippen molar-refractivity contribution in [2.75, 3.05) is 5.32 Å². The van der Waals surface area contributed by atoms with Gasteiger partial charge in [0.1, 0.15) is 10.6 Å². The van der Waals surface area contributed by atoms with E-state index >= 15 is 0 Å². The highest BCUT2D eigenvalue weighted by Crippen LogP contribution is 2.28. The topological polar surface area (TPSA) is 72.2 Å². The number of nitrogens with zero attached hydrogens (tertiary/aromatic N) is 1. The van der Waals surface area contributed by atoms with Crippen LogP contribution in [0.1, 0.15) is 10.4 Å². The number of carbonyl (C=O) groups excluding carboxylic acids is 1. The Kier molecular flexibility index (Phi) is 3.59. The first kappa shape index (κ1) is 12.5. The Labute approximate surface area is 111 Å². The van der Waals surface area contributed by atoms with E-state index in [1.807, 2.05) is 0 Å². The maximum atomic E-state index is 11.9. The van der Waals surface area contributed by atoms with Crippen LogP contribution in [-0.4, -0.2) is 10.8 Å². The van der Waals surface area contributed by atoms with E-state index in [2.05, 4.69) is 5.32 Å². The van der Waals surface area contributed by atoms with Gasteiger partial charge in [0, 0.05) is 5.38 Å². The lowest BCUT2D eigenvalue weighted by atomic mass is 10.1. The van der Waals surface area contributed by atoms with Crippen LogP contribution in [0.25, 0.3) is 0 Å². The molecule has 1 amide bonds. The molecule has 0 bridgehead atoms. The minimum absolute atomic E-state index is 0.0568. The molecule has 0 aliphatic carbocycles. The van der Waals surface area contributed by atoms with Gasteiger partial charge >= 0.3 is 5.69 Å². The fourth-order valence-electron chi connectivity index (χ4n) is 1.42. The third-order valence-electron chi connectivity index (χ3n) is 2.19. The summed E-state index contributed by atoms with van der Waals surface area (Å²) in [6, 6.07) is 5.95. The summed E-state index contributed by atoms with van der Waals surface area (Å²) in [5, 5.41) is 16.9. The van der Waals surface area contributed by atoms with Crippen LogP contribution < -0.4 is 5.32 Å². The minimum Gasteiger partial charge on any atom is -0.321 e. The third kappa shape index (κ3) is 2.49. The molecule has 0 saturated carbocycles. The Hall–Kier alpha value is -1.92. The SMILES string of the molecule is O=C(Nc1ccsc1)c1cccc(Cl)c1[N+](=O)[O-]. The van der Waals surface area contributed by atoms with E-state index < -0.39 is 10.8 Å². The molecule has 92 valence electrons. The van der Waals surface area contributed by atoms with Gasteiger partial charge in [0.15, 0.2) is 0 Å². The number of carbonyl (C=O) groups is 1. The normalized spacial score (nSPS) is 10.1. The average Bonchev–Trinajstić information content (AvgIpc) is 2.80. The van der Waals surface area contributed by atoms with Crippen LogP contribution in [0.2, 0.25) is 5.02 Å². The lowest BCUT2D eigenvalue weighted by molar-refractivity contribution is -0.385. The molecule has 0 saturated heterocycles. The van der Waals surface area contributed by atoms with Gasteiger partial charge in [-0.1, -0.05) is 17.7 Å². The first-order chi connectivity index (χ1) is 8.59. The molecule has 1 aromatic carbocycles. The molecule has 1 heterocycles. The molecule has 0 aliphatic heterocycles. The Morgan fingerprint density at radius 3 is 2.78 bits per heavy atom. The maximum Gasteiger partial charge on any atom is 0.300 e. The van der Waals surface area contributed by atoms with Crippen molar-refractivity contribution < 1.29 is 9.72 Å². The third-order valence-corrected chi connectivity index (χ3v) is 3.18. The Bertz CT molecular complexity index is 598. The molecule has 7 heteroatoms. The Balaban J connectivity index is 2.36. The van der Waals surface area contributed by atoms with Crippen molar-refractivity contribution in [1.29, 1.82) is 0 Å². The van der Waals surface area contributed by atoms with Crippen LogP contribution in [0.15, 0.2) is 35.0 Å². The van der Waals surface area contributed by atoms with E-state index in [1.54, 1.807) is 16.8 Å².